The molecule has 1 aliphatic carbocycles. The Balaban J connectivity index is 2.40. The summed E-state index contributed by atoms with van der Waals surface area (Å²) in [6.07, 6.45) is 2.52. The fourth-order valence-electron chi connectivity index (χ4n) is 2.62. The van der Waals surface area contributed by atoms with Gasteiger partial charge in [-0.25, -0.2) is 0 Å². The highest BCUT2D eigenvalue weighted by atomic mass is 79.9. The van der Waals surface area contributed by atoms with E-state index in [2.05, 4.69) is 32.9 Å². The summed E-state index contributed by atoms with van der Waals surface area (Å²) in [5.41, 5.74) is 7.56. The first-order valence-corrected chi connectivity index (χ1v) is 7.91. The second-order valence-corrected chi connectivity index (χ2v) is 6.24. The fourth-order valence-corrected chi connectivity index (χ4v) is 3.18. The molecule has 3 N–H and O–H groups in total. The molecule has 21 heavy (non-hydrogen) atoms. The van der Waals surface area contributed by atoms with Gasteiger partial charge in [-0.2, -0.15) is 0 Å². The number of ether oxygens (including phenoxy) is 1. The van der Waals surface area contributed by atoms with Crippen molar-refractivity contribution in [1.82, 2.24) is 0 Å². The van der Waals surface area contributed by atoms with Crippen molar-refractivity contribution in [3.05, 3.63) is 28.2 Å². The van der Waals surface area contributed by atoms with E-state index in [4.69, 9.17) is 15.7 Å². The maximum absolute atomic E-state index is 9.05. The lowest BCUT2D eigenvalue weighted by Gasteiger charge is -2.33. The van der Waals surface area contributed by atoms with Gasteiger partial charge in [-0.1, -0.05) is 11.2 Å². The summed E-state index contributed by atoms with van der Waals surface area (Å²) in [6, 6.07) is 6.27. The number of anilines is 1. The zero-order valence-corrected chi connectivity index (χ0v) is 14.0. The zero-order chi connectivity index (χ0) is 15.4. The first-order chi connectivity index (χ1) is 10.1. The molecular weight excluding hydrogens is 334 g/mol. The van der Waals surface area contributed by atoms with Gasteiger partial charge in [-0.05, 0) is 53.7 Å². The largest absolute Gasteiger partial charge is 0.409 e. The molecule has 0 aromatic heterocycles. The van der Waals surface area contributed by atoms with Crippen molar-refractivity contribution in [1.29, 1.82) is 0 Å². The van der Waals surface area contributed by atoms with Crippen LogP contribution >= 0.6 is 15.9 Å². The summed E-state index contributed by atoms with van der Waals surface area (Å²) in [4.78, 5) is 2.29. The number of halogens is 1. The summed E-state index contributed by atoms with van der Waals surface area (Å²) >= 11 is 3.50. The Morgan fingerprint density at radius 2 is 2.29 bits per heavy atom. The number of hydrogen-bond donors (Lipinski definition) is 2. The molecule has 0 heterocycles. The monoisotopic (exact) mass is 355 g/mol. The number of nitrogens with zero attached hydrogens (tertiary/aromatic N) is 2. The Morgan fingerprint density at radius 1 is 1.57 bits per heavy atom. The lowest BCUT2D eigenvalue weighted by Crippen LogP contribution is -2.38. The molecular formula is C15H22BrN3O2. The lowest BCUT2D eigenvalue weighted by atomic mass is 10.1. The van der Waals surface area contributed by atoms with E-state index in [1.54, 1.807) is 7.11 Å². The number of oxime groups is 1. The van der Waals surface area contributed by atoms with Gasteiger partial charge in [-0.15, -0.1) is 0 Å². The molecule has 0 aliphatic heterocycles. The van der Waals surface area contributed by atoms with E-state index in [-0.39, 0.29) is 5.84 Å². The SMILES string of the molecule is COCCN(c1cccc(Br)c1/C(N)=N/O)C(C)C1CC1. The average Bonchev–Trinajstić information content (AvgIpc) is 3.31. The number of hydrogen-bond acceptors (Lipinski definition) is 4. The highest BCUT2D eigenvalue weighted by molar-refractivity contribution is 9.10. The predicted octanol–water partition coefficient (Wildman–Crippen LogP) is 2.79. The normalized spacial score (nSPS) is 16.8. The van der Waals surface area contributed by atoms with E-state index in [1.165, 1.54) is 12.8 Å². The molecule has 1 unspecified atom stereocenters. The smallest absolute Gasteiger partial charge is 0.173 e. The quantitative estimate of drug-likeness (QED) is 0.341. The first-order valence-electron chi connectivity index (χ1n) is 7.12. The summed E-state index contributed by atoms with van der Waals surface area (Å²) < 4.78 is 6.06. The van der Waals surface area contributed by atoms with Gasteiger partial charge >= 0.3 is 0 Å². The Kier molecular flexibility index (Phi) is 5.47. The molecule has 2 rings (SSSR count). The van der Waals surface area contributed by atoms with Crippen LogP contribution in [-0.2, 0) is 4.74 Å². The topological polar surface area (TPSA) is 71.1 Å². The van der Waals surface area contributed by atoms with E-state index in [9.17, 15) is 0 Å². The van der Waals surface area contributed by atoms with Crippen LogP contribution in [0.4, 0.5) is 5.69 Å². The lowest BCUT2D eigenvalue weighted by molar-refractivity contribution is 0.202. The maximum atomic E-state index is 9.05. The molecule has 1 aromatic carbocycles. The standard InChI is InChI=1S/C15H22BrN3O2/c1-10(11-6-7-11)19(8-9-21-2)13-5-3-4-12(16)14(13)15(17)18-20/h3-5,10-11,20H,6-9H2,1-2H3,(H2,17,18). The van der Waals surface area contributed by atoms with Crippen LogP contribution in [0.25, 0.3) is 0 Å². The van der Waals surface area contributed by atoms with Crippen LogP contribution in [0, 0.1) is 5.92 Å². The molecule has 116 valence electrons. The third-order valence-electron chi connectivity index (χ3n) is 4.00. The Bertz CT molecular complexity index is 518. The van der Waals surface area contributed by atoms with E-state index >= 15 is 0 Å². The van der Waals surface area contributed by atoms with E-state index in [1.807, 2.05) is 18.2 Å². The summed E-state index contributed by atoms with van der Waals surface area (Å²) in [5.74, 6) is 0.823. The van der Waals surface area contributed by atoms with Crippen LogP contribution in [0.2, 0.25) is 0 Å². The molecule has 0 spiro atoms. The predicted molar refractivity (Wildman–Crippen MR) is 88.1 cm³/mol. The average molecular weight is 356 g/mol. The van der Waals surface area contributed by atoms with E-state index < -0.39 is 0 Å². The molecule has 0 saturated heterocycles. The van der Waals surface area contributed by atoms with Crippen LogP contribution in [0.15, 0.2) is 27.8 Å². The van der Waals surface area contributed by atoms with Crippen molar-refractivity contribution in [2.75, 3.05) is 25.2 Å². The first kappa shape index (κ1) is 16.1. The van der Waals surface area contributed by atoms with Gasteiger partial charge in [0.2, 0.25) is 0 Å². The minimum absolute atomic E-state index is 0.114. The highest BCUT2D eigenvalue weighted by Crippen LogP contribution is 2.38. The van der Waals surface area contributed by atoms with Crippen molar-refractivity contribution in [2.45, 2.75) is 25.8 Å². The number of benzene rings is 1. The van der Waals surface area contributed by atoms with Crippen molar-refractivity contribution in [2.24, 2.45) is 16.8 Å². The molecule has 1 aliphatic rings. The molecule has 5 nitrogen and oxygen atoms in total. The van der Waals surface area contributed by atoms with Crippen molar-refractivity contribution in [3.8, 4) is 0 Å². The second kappa shape index (κ2) is 7.13. The van der Waals surface area contributed by atoms with Crippen LogP contribution in [-0.4, -0.2) is 37.3 Å². The van der Waals surface area contributed by atoms with Gasteiger partial charge in [0.1, 0.15) is 0 Å². The third kappa shape index (κ3) is 3.68. The molecule has 0 amide bonds. The fraction of sp³-hybridized carbons (Fsp3) is 0.533. The number of nitrogens with two attached hydrogens (primary N) is 1. The van der Waals surface area contributed by atoms with Crippen LogP contribution in [0.3, 0.4) is 0 Å². The summed E-state index contributed by atoms with van der Waals surface area (Å²) in [5, 5.41) is 12.2. The molecule has 6 heteroatoms. The van der Waals surface area contributed by atoms with Crippen molar-refractivity contribution in [3.63, 3.8) is 0 Å². The summed E-state index contributed by atoms with van der Waals surface area (Å²) in [7, 11) is 1.70. The van der Waals surface area contributed by atoms with Gasteiger partial charge in [0.05, 0.1) is 12.2 Å². The van der Waals surface area contributed by atoms with Gasteiger partial charge in [0.15, 0.2) is 5.84 Å². The molecule has 1 atom stereocenters. The van der Waals surface area contributed by atoms with Gasteiger partial charge in [0.25, 0.3) is 0 Å². The third-order valence-corrected chi connectivity index (χ3v) is 4.66. The molecule has 0 radical (unpaired) electrons. The Morgan fingerprint density at radius 3 is 2.86 bits per heavy atom. The molecule has 1 fully saturated rings. The van der Waals surface area contributed by atoms with Crippen molar-refractivity contribution < 1.29 is 9.94 Å². The Labute approximate surface area is 133 Å². The molecule has 0 bridgehead atoms. The molecule has 1 aromatic rings. The second-order valence-electron chi connectivity index (χ2n) is 5.38. The number of rotatable bonds is 7. The van der Waals surface area contributed by atoms with E-state index in [0.29, 0.717) is 18.6 Å². The van der Waals surface area contributed by atoms with Crippen LogP contribution in [0.5, 0.6) is 0 Å². The number of methoxy groups -OCH3 is 1. The summed E-state index contributed by atoms with van der Waals surface area (Å²) in [6.45, 7) is 3.64. The zero-order valence-electron chi connectivity index (χ0n) is 12.4. The highest BCUT2D eigenvalue weighted by Gasteiger charge is 2.33. The van der Waals surface area contributed by atoms with Gasteiger partial charge in [-0.3, -0.25) is 0 Å². The van der Waals surface area contributed by atoms with E-state index in [0.717, 1.165) is 22.3 Å². The van der Waals surface area contributed by atoms with Crippen LogP contribution < -0.4 is 10.6 Å². The minimum atomic E-state index is 0.114. The minimum Gasteiger partial charge on any atom is -0.409 e. The van der Waals surface area contributed by atoms with Crippen molar-refractivity contribution >= 4 is 27.5 Å². The number of amidine groups is 1. The Hall–Kier alpha value is -1.27. The van der Waals surface area contributed by atoms with Crippen LogP contribution in [0.1, 0.15) is 25.3 Å². The molecule has 1 saturated carbocycles. The maximum Gasteiger partial charge on any atom is 0.173 e. The van der Waals surface area contributed by atoms with Gasteiger partial charge in [0, 0.05) is 29.9 Å². The van der Waals surface area contributed by atoms with Gasteiger partial charge < -0.3 is 20.6 Å².